The van der Waals surface area contributed by atoms with Crippen LogP contribution in [0.15, 0.2) is 66.7 Å². The van der Waals surface area contributed by atoms with Crippen molar-refractivity contribution in [2.75, 3.05) is 30.9 Å². The summed E-state index contributed by atoms with van der Waals surface area (Å²) in [6, 6.07) is 19.3. The van der Waals surface area contributed by atoms with Crippen LogP contribution in [-0.2, 0) is 26.1 Å². The minimum Gasteiger partial charge on any atom is -0.380 e. The lowest BCUT2D eigenvalue weighted by Gasteiger charge is -2.38. The molecule has 3 aromatic carbocycles. The molecule has 2 N–H and O–H groups in total. The van der Waals surface area contributed by atoms with Crippen LogP contribution in [0.25, 0.3) is 0 Å². The Morgan fingerprint density at radius 3 is 2.43 bits per heavy atom. The third-order valence-corrected chi connectivity index (χ3v) is 11.2. The molecule has 9 nitrogen and oxygen atoms in total. The van der Waals surface area contributed by atoms with Gasteiger partial charge >= 0.3 is 6.03 Å². The van der Waals surface area contributed by atoms with Crippen LogP contribution in [0.3, 0.4) is 0 Å². The van der Waals surface area contributed by atoms with Gasteiger partial charge in [-0.15, -0.1) is 0 Å². The first kappa shape index (κ1) is 36.5. The molecule has 12 heteroatoms. The average Bonchev–Trinajstić information content (AvgIpc) is 3.82. The number of likely N-dealkylation sites (tertiary alicyclic amines) is 1. The second-order valence-electron chi connectivity index (χ2n) is 13.8. The van der Waals surface area contributed by atoms with E-state index < -0.39 is 51.2 Å². The van der Waals surface area contributed by atoms with E-state index in [-0.39, 0.29) is 18.7 Å². The molecule has 2 fully saturated rings. The predicted octanol–water partition coefficient (Wildman–Crippen LogP) is 7.12. The summed E-state index contributed by atoms with van der Waals surface area (Å²) in [7, 11) is 1.58. The van der Waals surface area contributed by atoms with Gasteiger partial charge in [0.1, 0.15) is 11.9 Å². The molecule has 1 saturated carbocycles. The Hall–Kier alpha value is -3.82. The summed E-state index contributed by atoms with van der Waals surface area (Å²) in [4.78, 5) is 30.5. The highest BCUT2D eigenvalue weighted by atomic mass is 35.5. The highest BCUT2D eigenvalue weighted by Gasteiger charge is 2.43. The third kappa shape index (κ3) is 8.32. The van der Waals surface area contributed by atoms with Gasteiger partial charge in [-0.25, -0.2) is 18.1 Å². The predicted molar refractivity (Wildman–Crippen MR) is 191 cm³/mol. The Balaban J connectivity index is 1.51. The maximum atomic E-state index is 15.6. The molecule has 3 amide bonds. The number of carbonyl (C=O) groups is 2. The Morgan fingerprint density at radius 1 is 1.10 bits per heavy atom. The van der Waals surface area contributed by atoms with Crippen LogP contribution in [0, 0.1) is 23.1 Å². The highest BCUT2D eigenvalue weighted by molar-refractivity contribution is 7.84. The second-order valence-corrected chi connectivity index (χ2v) is 16.2. The SMILES string of the molecule is CO[C@@H]1C[C@H](C(=O)Nc2cc([C@](CCC3CC3)(N[S@](=O)C(C)(C)C)c3cccc(C#N)c3)ccc2F)N(C(=O)N(C)c2ccc(Cl)cc2)C1. The van der Waals surface area contributed by atoms with Crippen molar-refractivity contribution in [3.8, 4) is 6.07 Å². The monoisotopic (exact) mass is 707 g/mol. The van der Waals surface area contributed by atoms with Crippen LogP contribution < -0.4 is 14.9 Å². The first-order chi connectivity index (χ1) is 23.2. The standard InChI is InChI=1S/C37H43ClFN5O4S/c1-36(2,3)49(47)42-37(18-17-24-9-10-24,26-8-6-7-25(19-26)22-40)27-11-16-31(39)32(20-27)41-34(45)33-21-30(48-5)23-44(33)35(46)43(4)29-14-12-28(38)13-15-29/h6-8,11-16,19-20,24,30,33,42H,9-10,17-18,21,23H2,1-5H3,(H,41,45)/t30-,33-,37-,49-/m1/s1. The van der Waals surface area contributed by atoms with Crippen LogP contribution in [0.2, 0.25) is 5.02 Å². The number of urea groups is 1. The number of nitrogens with one attached hydrogen (secondary N) is 2. The number of benzene rings is 3. The summed E-state index contributed by atoms with van der Waals surface area (Å²) in [5, 5.41) is 13.0. The van der Waals surface area contributed by atoms with Crippen molar-refractivity contribution in [3.63, 3.8) is 0 Å². The van der Waals surface area contributed by atoms with Crippen molar-refractivity contribution in [3.05, 3.63) is 94.3 Å². The third-order valence-electron chi connectivity index (χ3n) is 9.29. The van der Waals surface area contributed by atoms with Crippen molar-refractivity contribution in [1.82, 2.24) is 9.62 Å². The Kier molecular flexibility index (Phi) is 11.1. The molecule has 1 heterocycles. The van der Waals surface area contributed by atoms with E-state index in [2.05, 4.69) is 16.1 Å². The zero-order valence-electron chi connectivity index (χ0n) is 28.5. The fourth-order valence-electron chi connectivity index (χ4n) is 6.12. The number of hydrogen-bond donors (Lipinski definition) is 2. The number of amides is 3. The first-order valence-electron chi connectivity index (χ1n) is 16.4. The van der Waals surface area contributed by atoms with Crippen molar-refractivity contribution in [1.29, 1.82) is 5.26 Å². The van der Waals surface area contributed by atoms with E-state index in [0.29, 0.717) is 34.2 Å². The number of nitrogens with zero attached hydrogens (tertiary/aromatic N) is 3. The van der Waals surface area contributed by atoms with E-state index in [4.69, 9.17) is 16.3 Å². The number of carbonyl (C=O) groups excluding carboxylic acids is 2. The van der Waals surface area contributed by atoms with Crippen LogP contribution >= 0.6 is 11.6 Å². The number of anilines is 2. The van der Waals surface area contributed by atoms with Gasteiger partial charge in [0.05, 0.1) is 44.7 Å². The normalized spacial score (nSPS) is 19.5. The van der Waals surface area contributed by atoms with E-state index in [1.807, 2.05) is 26.8 Å². The van der Waals surface area contributed by atoms with E-state index in [9.17, 15) is 19.1 Å². The quantitative estimate of drug-likeness (QED) is 0.220. The molecule has 5 rings (SSSR count). The molecular weight excluding hydrogens is 665 g/mol. The van der Waals surface area contributed by atoms with Crippen LogP contribution in [0.1, 0.15) is 69.6 Å². The van der Waals surface area contributed by atoms with E-state index in [0.717, 1.165) is 24.8 Å². The molecule has 3 aromatic rings. The van der Waals surface area contributed by atoms with Gasteiger partial charge < -0.3 is 15.0 Å². The number of ether oxygens (including phenoxy) is 1. The molecule has 0 radical (unpaired) electrons. The molecule has 0 bridgehead atoms. The summed E-state index contributed by atoms with van der Waals surface area (Å²) in [6.07, 6.45) is 3.39. The topological polar surface area (TPSA) is 115 Å². The van der Waals surface area contributed by atoms with Crippen LogP contribution in [0.4, 0.5) is 20.6 Å². The Morgan fingerprint density at radius 2 is 1.80 bits per heavy atom. The van der Waals surface area contributed by atoms with Crippen molar-refractivity contribution >= 4 is 45.9 Å². The molecule has 260 valence electrons. The van der Waals surface area contributed by atoms with Crippen molar-refractivity contribution < 1.29 is 22.9 Å². The zero-order chi connectivity index (χ0) is 35.5. The van der Waals surface area contributed by atoms with Gasteiger partial charge in [-0.3, -0.25) is 9.69 Å². The van der Waals surface area contributed by atoms with E-state index in [1.54, 1.807) is 61.6 Å². The maximum Gasteiger partial charge on any atom is 0.324 e. The summed E-state index contributed by atoms with van der Waals surface area (Å²) >= 11 is 6.04. The number of nitriles is 1. The minimum atomic E-state index is -1.56. The molecule has 0 unspecified atom stereocenters. The van der Waals surface area contributed by atoms with E-state index in [1.165, 1.54) is 23.0 Å². The van der Waals surface area contributed by atoms with Crippen molar-refractivity contribution in [2.45, 2.75) is 75.3 Å². The number of halogens is 2. The maximum absolute atomic E-state index is 15.6. The smallest absolute Gasteiger partial charge is 0.324 e. The van der Waals surface area contributed by atoms with Crippen LogP contribution in [-0.4, -0.2) is 58.6 Å². The Labute approximate surface area is 295 Å². The highest BCUT2D eigenvalue weighted by Crippen LogP contribution is 2.43. The summed E-state index contributed by atoms with van der Waals surface area (Å²) in [5.74, 6) is -0.697. The molecule has 1 aliphatic heterocycles. The summed E-state index contributed by atoms with van der Waals surface area (Å²) in [5.41, 5.74) is 1.20. The number of methoxy groups -OCH3 is 1. The Bertz CT molecular complexity index is 1760. The van der Waals surface area contributed by atoms with Gasteiger partial charge in [-0.2, -0.15) is 5.26 Å². The van der Waals surface area contributed by atoms with Gasteiger partial charge in [-0.1, -0.05) is 42.6 Å². The van der Waals surface area contributed by atoms with Crippen molar-refractivity contribution in [2.24, 2.45) is 5.92 Å². The fourth-order valence-corrected chi connectivity index (χ4v) is 7.20. The lowest BCUT2D eigenvalue weighted by atomic mass is 9.79. The lowest BCUT2D eigenvalue weighted by molar-refractivity contribution is -0.119. The van der Waals surface area contributed by atoms with Gasteiger partial charge in [0.15, 0.2) is 0 Å². The number of rotatable bonds is 11. The largest absolute Gasteiger partial charge is 0.380 e. The molecule has 2 aliphatic rings. The lowest BCUT2D eigenvalue weighted by Crippen LogP contribution is -2.49. The van der Waals surface area contributed by atoms with Gasteiger partial charge in [0.25, 0.3) is 0 Å². The minimum absolute atomic E-state index is 0.0719. The van der Waals surface area contributed by atoms with Gasteiger partial charge in [-0.05, 0) is 99.2 Å². The molecule has 0 aromatic heterocycles. The van der Waals surface area contributed by atoms with Gasteiger partial charge in [0, 0.05) is 37.8 Å². The fraction of sp³-hybridized carbons (Fsp3) is 0.432. The molecule has 1 aliphatic carbocycles. The number of hydrogen-bond acceptors (Lipinski definition) is 5. The van der Waals surface area contributed by atoms with E-state index >= 15 is 4.39 Å². The zero-order valence-corrected chi connectivity index (χ0v) is 30.0. The molecule has 0 spiro atoms. The average molecular weight is 708 g/mol. The molecule has 49 heavy (non-hydrogen) atoms. The first-order valence-corrected chi connectivity index (χ1v) is 17.9. The van der Waals surface area contributed by atoms with Gasteiger partial charge in [0.2, 0.25) is 5.91 Å². The molecule has 4 atom stereocenters. The molecular formula is C37H43ClFN5O4S. The van der Waals surface area contributed by atoms with Crippen LogP contribution in [0.5, 0.6) is 0 Å². The summed E-state index contributed by atoms with van der Waals surface area (Å²) < 4.78 is 37.7. The summed E-state index contributed by atoms with van der Waals surface area (Å²) in [6.45, 7) is 5.79. The molecule has 1 saturated heterocycles. The second kappa shape index (κ2) is 15.0.